The van der Waals surface area contributed by atoms with Crippen molar-refractivity contribution in [2.75, 3.05) is 24.3 Å². The zero-order chi connectivity index (χ0) is 22.8. The molecule has 5 nitrogen and oxygen atoms in total. The van der Waals surface area contributed by atoms with Gasteiger partial charge in [0.1, 0.15) is 5.37 Å². The van der Waals surface area contributed by atoms with E-state index >= 15 is 0 Å². The summed E-state index contributed by atoms with van der Waals surface area (Å²) in [6, 6.07) is 22.6. The number of amides is 1. The summed E-state index contributed by atoms with van der Waals surface area (Å²) in [6.45, 7) is 0. The van der Waals surface area contributed by atoms with Crippen molar-refractivity contribution >= 4 is 29.0 Å². The Morgan fingerprint density at radius 3 is 2.70 bits per heavy atom. The number of nitrogens with one attached hydrogen (secondary N) is 1. The predicted molar refractivity (Wildman–Crippen MR) is 136 cm³/mol. The average Bonchev–Trinajstić information content (AvgIpc) is 3.43. The van der Waals surface area contributed by atoms with Gasteiger partial charge in [0.15, 0.2) is 0 Å². The Balaban J connectivity index is 1.40. The van der Waals surface area contributed by atoms with E-state index in [1.807, 2.05) is 61.3 Å². The second-order valence-corrected chi connectivity index (χ2v) is 9.46. The van der Waals surface area contributed by atoms with Gasteiger partial charge in [0.2, 0.25) is 0 Å². The van der Waals surface area contributed by atoms with Crippen molar-refractivity contribution in [3.63, 3.8) is 0 Å². The van der Waals surface area contributed by atoms with E-state index < -0.39 is 0 Å². The molecule has 2 aromatic carbocycles. The normalized spacial score (nSPS) is 14.7. The summed E-state index contributed by atoms with van der Waals surface area (Å²) in [5.41, 5.74) is 7.15. The van der Waals surface area contributed by atoms with Gasteiger partial charge in [-0.3, -0.25) is 9.78 Å². The van der Waals surface area contributed by atoms with Crippen LogP contribution in [0.3, 0.4) is 0 Å². The van der Waals surface area contributed by atoms with E-state index in [1.165, 1.54) is 5.56 Å². The molecular weight excluding hydrogens is 428 g/mol. The third-order valence-corrected chi connectivity index (χ3v) is 7.17. The van der Waals surface area contributed by atoms with Crippen LogP contribution in [0, 0.1) is 0 Å². The maximum absolute atomic E-state index is 13.4. The van der Waals surface area contributed by atoms with Crippen molar-refractivity contribution in [2.24, 2.45) is 0 Å². The summed E-state index contributed by atoms with van der Waals surface area (Å²) in [6.07, 6.45) is 6.52. The van der Waals surface area contributed by atoms with Gasteiger partial charge in [0.05, 0.1) is 16.9 Å². The molecule has 0 spiro atoms. The molecule has 1 N–H and O–H groups in total. The fraction of sp³-hybridized carbons (Fsp3) is 0.185. The van der Waals surface area contributed by atoms with Crippen molar-refractivity contribution in [2.45, 2.75) is 17.5 Å². The number of thioether (sulfide) groups is 1. The fourth-order valence-electron chi connectivity index (χ4n) is 4.28. The minimum absolute atomic E-state index is 0.0730. The van der Waals surface area contributed by atoms with Gasteiger partial charge < -0.3 is 14.8 Å². The van der Waals surface area contributed by atoms with Crippen molar-refractivity contribution in [1.29, 1.82) is 0 Å². The number of anilines is 2. The van der Waals surface area contributed by atoms with E-state index in [4.69, 9.17) is 0 Å². The Bertz CT molecular complexity index is 1270. The fourth-order valence-corrected chi connectivity index (χ4v) is 5.59. The molecule has 166 valence electrons. The SMILES string of the molecule is CN(C)c1ccc(Cc2ccccc2)cc1NC(=O)c1ccn2c1CSC2c1cccnc1. The van der Waals surface area contributed by atoms with Crippen LogP contribution in [-0.4, -0.2) is 29.6 Å². The van der Waals surface area contributed by atoms with Gasteiger partial charge in [-0.25, -0.2) is 0 Å². The molecule has 1 aliphatic heterocycles. The molecule has 0 aliphatic carbocycles. The summed E-state index contributed by atoms with van der Waals surface area (Å²) in [7, 11) is 3.99. The van der Waals surface area contributed by atoms with Gasteiger partial charge in [0.25, 0.3) is 5.91 Å². The molecular formula is C27H26N4OS. The number of rotatable bonds is 6. The Morgan fingerprint density at radius 2 is 1.94 bits per heavy atom. The molecule has 6 heteroatoms. The molecule has 1 amide bonds. The van der Waals surface area contributed by atoms with Crippen LogP contribution in [0.25, 0.3) is 0 Å². The standard InChI is InChI=1S/C27H26N4OS/c1-30(2)24-11-10-20(15-19-7-4-3-5-8-19)16-23(24)29-26(32)22-12-14-31-25(22)18-33-27(31)21-9-6-13-28-17-21/h3-14,16-17,27H,15,18H2,1-2H3,(H,29,32). The van der Waals surface area contributed by atoms with Crippen LogP contribution in [0.1, 0.15) is 38.1 Å². The largest absolute Gasteiger partial charge is 0.376 e. The highest BCUT2D eigenvalue weighted by Gasteiger charge is 2.28. The highest BCUT2D eigenvalue weighted by molar-refractivity contribution is 7.99. The Labute approximate surface area is 198 Å². The number of aromatic nitrogens is 2. The van der Waals surface area contributed by atoms with Gasteiger partial charge in [-0.1, -0.05) is 42.5 Å². The van der Waals surface area contributed by atoms with Crippen molar-refractivity contribution in [3.05, 3.63) is 113 Å². The second kappa shape index (κ2) is 9.16. The molecule has 2 aromatic heterocycles. The number of hydrogen-bond donors (Lipinski definition) is 1. The lowest BCUT2D eigenvalue weighted by Gasteiger charge is -2.19. The van der Waals surface area contributed by atoms with Gasteiger partial charge in [-0.2, -0.15) is 0 Å². The number of nitrogens with zero attached hydrogens (tertiary/aromatic N) is 3. The molecule has 1 atom stereocenters. The molecule has 3 heterocycles. The van der Waals surface area contributed by atoms with E-state index in [9.17, 15) is 4.79 Å². The number of carbonyl (C=O) groups excluding carboxylic acids is 1. The average molecular weight is 455 g/mol. The molecule has 1 aliphatic rings. The number of pyridine rings is 1. The molecule has 0 saturated heterocycles. The molecule has 0 radical (unpaired) electrons. The summed E-state index contributed by atoms with van der Waals surface area (Å²) < 4.78 is 2.19. The van der Waals surface area contributed by atoms with Crippen LogP contribution in [0.15, 0.2) is 85.3 Å². The van der Waals surface area contributed by atoms with Crippen LogP contribution < -0.4 is 10.2 Å². The quantitative estimate of drug-likeness (QED) is 0.413. The van der Waals surface area contributed by atoms with Gasteiger partial charge in [0, 0.05) is 49.7 Å². The Kier molecular flexibility index (Phi) is 5.92. The van der Waals surface area contributed by atoms with Crippen LogP contribution >= 0.6 is 11.8 Å². The van der Waals surface area contributed by atoms with Crippen molar-refractivity contribution in [3.8, 4) is 0 Å². The smallest absolute Gasteiger partial charge is 0.257 e. The first-order valence-electron chi connectivity index (χ1n) is 11.0. The molecule has 5 rings (SSSR count). The first-order valence-corrected chi connectivity index (χ1v) is 12.0. The zero-order valence-electron chi connectivity index (χ0n) is 18.7. The monoisotopic (exact) mass is 454 g/mol. The molecule has 0 bridgehead atoms. The molecule has 0 fully saturated rings. The highest BCUT2D eigenvalue weighted by atomic mass is 32.2. The Hall–Kier alpha value is -3.51. The maximum atomic E-state index is 13.4. The van der Waals surface area contributed by atoms with Crippen molar-refractivity contribution in [1.82, 2.24) is 9.55 Å². The summed E-state index contributed by atoms with van der Waals surface area (Å²) in [4.78, 5) is 19.6. The Morgan fingerprint density at radius 1 is 1.09 bits per heavy atom. The molecule has 1 unspecified atom stereocenters. The number of hydrogen-bond acceptors (Lipinski definition) is 4. The second-order valence-electron chi connectivity index (χ2n) is 8.40. The van der Waals surface area contributed by atoms with E-state index in [2.05, 4.69) is 63.4 Å². The van der Waals surface area contributed by atoms with Gasteiger partial charge in [-0.15, -0.1) is 11.8 Å². The molecule has 0 saturated carbocycles. The summed E-state index contributed by atoms with van der Waals surface area (Å²) in [5.74, 6) is 0.723. The third kappa shape index (κ3) is 4.39. The van der Waals surface area contributed by atoms with E-state index in [1.54, 1.807) is 6.20 Å². The third-order valence-electron chi connectivity index (χ3n) is 5.91. The summed E-state index contributed by atoms with van der Waals surface area (Å²) >= 11 is 1.82. The lowest BCUT2D eigenvalue weighted by molar-refractivity contribution is 0.102. The first-order chi connectivity index (χ1) is 16.1. The number of fused-ring (bicyclic) bond motifs is 1. The predicted octanol–water partition coefficient (Wildman–Crippen LogP) is 5.59. The lowest BCUT2D eigenvalue weighted by Crippen LogP contribution is -2.17. The van der Waals surface area contributed by atoms with Crippen LogP contribution in [0.2, 0.25) is 0 Å². The van der Waals surface area contributed by atoms with E-state index in [0.717, 1.165) is 45.9 Å². The van der Waals surface area contributed by atoms with Crippen molar-refractivity contribution < 1.29 is 4.79 Å². The van der Waals surface area contributed by atoms with Crippen LogP contribution in [0.4, 0.5) is 11.4 Å². The maximum Gasteiger partial charge on any atom is 0.257 e. The first kappa shape index (κ1) is 21.3. The zero-order valence-corrected chi connectivity index (χ0v) is 19.5. The highest BCUT2D eigenvalue weighted by Crippen LogP contribution is 2.42. The lowest BCUT2D eigenvalue weighted by atomic mass is 10.0. The molecule has 33 heavy (non-hydrogen) atoms. The van der Waals surface area contributed by atoms with E-state index in [0.29, 0.717) is 0 Å². The number of carbonyl (C=O) groups is 1. The topological polar surface area (TPSA) is 50.2 Å². The number of benzene rings is 2. The van der Waals surface area contributed by atoms with Crippen LogP contribution in [-0.2, 0) is 12.2 Å². The summed E-state index contributed by atoms with van der Waals surface area (Å²) in [5, 5.41) is 3.34. The molecule has 4 aromatic rings. The van der Waals surface area contributed by atoms with Crippen LogP contribution in [0.5, 0.6) is 0 Å². The minimum atomic E-state index is -0.0730. The van der Waals surface area contributed by atoms with Gasteiger partial charge in [-0.05, 0) is 41.8 Å². The van der Waals surface area contributed by atoms with Gasteiger partial charge >= 0.3 is 0 Å². The minimum Gasteiger partial charge on any atom is -0.376 e. The van der Waals surface area contributed by atoms with E-state index in [-0.39, 0.29) is 11.3 Å².